The lowest BCUT2D eigenvalue weighted by Crippen LogP contribution is -2.20. The van der Waals surface area contributed by atoms with Crippen molar-refractivity contribution in [2.75, 3.05) is 23.6 Å². The molecule has 0 unspecified atom stereocenters. The zero-order chi connectivity index (χ0) is 14.1. The minimum absolute atomic E-state index is 0.155. The van der Waals surface area contributed by atoms with E-state index in [1.807, 2.05) is 12.1 Å². The minimum Gasteiger partial charge on any atom is -0.317 e. The SMILES string of the molecule is CCCNCCCCS(=O)(=O)Nc1ccccc1Br. The molecule has 19 heavy (non-hydrogen) atoms. The molecule has 0 aliphatic rings. The molecule has 1 aromatic rings. The van der Waals surface area contributed by atoms with Crippen LogP contribution in [-0.4, -0.2) is 27.3 Å². The molecule has 0 saturated carbocycles. The highest BCUT2D eigenvalue weighted by Crippen LogP contribution is 2.22. The molecule has 0 heterocycles. The van der Waals surface area contributed by atoms with Crippen molar-refractivity contribution >= 4 is 31.6 Å². The van der Waals surface area contributed by atoms with E-state index >= 15 is 0 Å². The summed E-state index contributed by atoms with van der Waals surface area (Å²) in [6.07, 6.45) is 2.63. The third-order valence-corrected chi connectivity index (χ3v) is 4.63. The molecule has 0 aliphatic heterocycles. The van der Waals surface area contributed by atoms with Crippen molar-refractivity contribution in [2.45, 2.75) is 26.2 Å². The van der Waals surface area contributed by atoms with Gasteiger partial charge in [-0.1, -0.05) is 19.1 Å². The maximum absolute atomic E-state index is 11.9. The van der Waals surface area contributed by atoms with Crippen LogP contribution in [-0.2, 0) is 10.0 Å². The molecule has 6 heteroatoms. The van der Waals surface area contributed by atoms with E-state index in [2.05, 4.69) is 32.9 Å². The number of para-hydroxylation sites is 1. The summed E-state index contributed by atoms with van der Waals surface area (Å²) in [6.45, 7) is 3.97. The van der Waals surface area contributed by atoms with Crippen LogP contribution < -0.4 is 10.0 Å². The first kappa shape index (κ1) is 16.5. The number of unbranched alkanes of at least 4 members (excludes halogenated alkanes) is 1. The minimum atomic E-state index is -3.26. The fourth-order valence-electron chi connectivity index (χ4n) is 1.61. The molecule has 108 valence electrons. The summed E-state index contributed by atoms with van der Waals surface area (Å²) >= 11 is 3.32. The normalized spacial score (nSPS) is 11.5. The quantitative estimate of drug-likeness (QED) is 0.674. The molecular formula is C13H21BrN2O2S. The summed E-state index contributed by atoms with van der Waals surface area (Å²) in [7, 11) is -3.26. The van der Waals surface area contributed by atoms with Gasteiger partial charge in [0.1, 0.15) is 0 Å². The van der Waals surface area contributed by atoms with Gasteiger partial charge in [0, 0.05) is 4.47 Å². The van der Waals surface area contributed by atoms with Crippen LogP contribution in [0.3, 0.4) is 0 Å². The van der Waals surface area contributed by atoms with Gasteiger partial charge >= 0.3 is 0 Å². The van der Waals surface area contributed by atoms with Crippen molar-refractivity contribution in [1.82, 2.24) is 5.32 Å². The molecule has 4 nitrogen and oxygen atoms in total. The molecule has 0 spiro atoms. The highest BCUT2D eigenvalue weighted by molar-refractivity contribution is 9.10. The highest BCUT2D eigenvalue weighted by atomic mass is 79.9. The summed E-state index contributed by atoms with van der Waals surface area (Å²) < 4.78 is 27.1. The molecule has 1 aromatic carbocycles. The Kier molecular flexibility index (Phi) is 7.41. The van der Waals surface area contributed by atoms with Crippen LogP contribution in [0.25, 0.3) is 0 Å². The number of benzene rings is 1. The second-order valence-corrected chi connectivity index (χ2v) is 7.05. The molecule has 0 aliphatic carbocycles. The van der Waals surface area contributed by atoms with Gasteiger partial charge in [-0.2, -0.15) is 0 Å². The van der Waals surface area contributed by atoms with Crippen molar-refractivity contribution in [1.29, 1.82) is 0 Å². The van der Waals surface area contributed by atoms with E-state index in [1.165, 1.54) is 0 Å². The van der Waals surface area contributed by atoms with Crippen molar-refractivity contribution < 1.29 is 8.42 Å². The Morgan fingerprint density at radius 1 is 1.16 bits per heavy atom. The number of hydrogen-bond donors (Lipinski definition) is 2. The zero-order valence-corrected chi connectivity index (χ0v) is 13.6. The summed E-state index contributed by atoms with van der Waals surface area (Å²) in [4.78, 5) is 0. The average Bonchev–Trinajstić information content (AvgIpc) is 2.36. The molecule has 0 radical (unpaired) electrons. The maximum atomic E-state index is 11.9. The molecule has 0 fully saturated rings. The van der Waals surface area contributed by atoms with E-state index < -0.39 is 10.0 Å². The molecule has 1 rings (SSSR count). The zero-order valence-electron chi connectivity index (χ0n) is 11.2. The van der Waals surface area contributed by atoms with Gasteiger partial charge in [0.2, 0.25) is 10.0 Å². The Morgan fingerprint density at radius 3 is 2.58 bits per heavy atom. The van der Waals surface area contributed by atoms with Crippen LogP contribution in [0.1, 0.15) is 26.2 Å². The Bertz CT molecular complexity index is 477. The summed E-state index contributed by atoms with van der Waals surface area (Å²) in [5.74, 6) is 0.155. The lowest BCUT2D eigenvalue weighted by atomic mass is 10.3. The highest BCUT2D eigenvalue weighted by Gasteiger charge is 2.11. The van der Waals surface area contributed by atoms with Gasteiger partial charge in [0.05, 0.1) is 11.4 Å². The lowest BCUT2D eigenvalue weighted by molar-refractivity contribution is 0.590. The lowest BCUT2D eigenvalue weighted by Gasteiger charge is -2.09. The Labute approximate surface area is 124 Å². The third-order valence-electron chi connectivity index (χ3n) is 2.58. The fourth-order valence-corrected chi connectivity index (χ4v) is 3.32. The van der Waals surface area contributed by atoms with E-state index in [-0.39, 0.29) is 5.75 Å². The molecule has 0 aromatic heterocycles. The van der Waals surface area contributed by atoms with Crippen LogP contribution in [0.4, 0.5) is 5.69 Å². The van der Waals surface area contributed by atoms with Crippen molar-refractivity contribution in [3.63, 3.8) is 0 Å². The summed E-state index contributed by atoms with van der Waals surface area (Å²) in [5, 5.41) is 3.26. The van der Waals surface area contributed by atoms with Gasteiger partial charge in [0.25, 0.3) is 0 Å². The third kappa shape index (κ3) is 6.94. The first-order valence-corrected chi connectivity index (χ1v) is 8.95. The number of rotatable bonds is 9. The van der Waals surface area contributed by atoms with Crippen LogP contribution in [0.5, 0.6) is 0 Å². The van der Waals surface area contributed by atoms with Crippen molar-refractivity contribution in [2.24, 2.45) is 0 Å². The standard InChI is InChI=1S/C13H21BrN2O2S/c1-2-9-15-10-5-6-11-19(17,18)16-13-8-4-3-7-12(13)14/h3-4,7-8,15-16H,2,5-6,9-11H2,1H3. The predicted octanol–water partition coefficient (Wildman–Crippen LogP) is 2.97. The molecule has 0 saturated heterocycles. The Morgan fingerprint density at radius 2 is 1.89 bits per heavy atom. The largest absolute Gasteiger partial charge is 0.317 e. The van der Waals surface area contributed by atoms with Gasteiger partial charge < -0.3 is 5.32 Å². The van der Waals surface area contributed by atoms with Crippen LogP contribution in [0.2, 0.25) is 0 Å². The second kappa shape index (κ2) is 8.55. The van der Waals surface area contributed by atoms with E-state index in [0.29, 0.717) is 12.1 Å². The van der Waals surface area contributed by atoms with Crippen LogP contribution >= 0.6 is 15.9 Å². The van der Waals surface area contributed by atoms with E-state index in [1.54, 1.807) is 12.1 Å². The fraction of sp³-hybridized carbons (Fsp3) is 0.538. The number of sulfonamides is 1. The first-order chi connectivity index (χ1) is 9.05. The summed E-state index contributed by atoms with van der Waals surface area (Å²) in [6, 6.07) is 7.20. The van der Waals surface area contributed by atoms with Crippen molar-refractivity contribution in [3.8, 4) is 0 Å². The van der Waals surface area contributed by atoms with Gasteiger partial charge in [-0.25, -0.2) is 8.42 Å². The van der Waals surface area contributed by atoms with E-state index in [9.17, 15) is 8.42 Å². The molecule has 2 N–H and O–H groups in total. The van der Waals surface area contributed by atoms with Gasteiger partial charge in [-0.05, 0) is 60.4 Å². The second-order valence-electron chi connectivity index (χ2n) is 4.36. The molecular weight excluding hydrogens is 328 g/mol. The molecule has 0 amide bonds. The number of halogens is 1. The molecule has 0 bridgehead atoms. The Balaban J connectivity index is 2.34. The van der Waals surface area contributed by atoms with E-state index in [0.717, 1.165) is 30.4 Å². The average molecular weight is 349 g/mol. The maximum Gasteiger partial charge on any atom is 0.232 e. The monoisotopic (exact) mass is 348 g/mol. The van der Waals surface area contributed by atoms with Gasteiger partial charge in [-0.15, -0.1) is 0 Å². The number of anilines is 1. The number of hydrogen-bond acceptors (Lipinski definition) is 3. The Hall–Kier alpha value is -0.590. The van der Waals surface area contributed by atoms with E-state index in [4.69, 9.17) is 0 Å². The molecule has 0 atom stereocenters. The van der Waals surface area contributed by atoms with Crippen LogP contribution in [0.15, 0.2) is 28.7 Å². The topological polar surface area (TPSA) is 58.2 Å². The van der Waals surface area contributed by atoms with Gasteiger partial charge in [-0.3, -0.25) is 4.72 Å². The predicted molar refractivity (Wildman–Crippen MR) is 83.9 cm³/mol. The van der Waals surface area contributed by atoms with Crippen LogP contribution in [0, 0.1) is 0 Å². The number of nitrogens with one attached hydrogen (secondary N) is 2. The summed E-state index contributed by atoms with van der Waals surface area (Å²) in [5.41, 5.74) is 0.589. The van der Waals surface area contributed by atoms with Gasteiger partial charge in [0.15, 0.2) is 0 Å². The van der Waals surface area contributed by atoms with Crippen molar-refractivity contribution in [3.05, 3.63) is 28.7 Å². The first-order valence-electron chi connectivity index (χ1n) is 6.51. The smallest absolute Gasteiger partial charge is 0.232 e.